The first-order valence-electron chi connectivity index (χ1n) is 9.48. The van der Waals surface area contributed by atoms with E-state index in [-0.39, 0.29) is 10.8 Å². The number of hydrogen-bond donors (Lipinski definition) is 1. The highest BCUT2D eigenvalue weighted by Gasteiger charge is 2.26. The highest BCUT2D eigenvalue weighted by Crippen LogP contribution is 2.16. The summed E-state index contributed by atoms with van der Waals surface area (Å²) >= 11 is 0. The number of carbonyl (C=O) groups excluding carboxylic acids is 1. The number of benzene rings is 2. The highest BCUT2D eigenvalue weighted by molar-refractivity contribution is 7.89. The lowest BCUT2D eigenvalue weighted by atomic mass is 10.1. The molecule has 28 heavy (non-hydrogen) atoms. The average molecular weight is 403 g/mol. The average Bonchev–Trinajstić information content (AvgIpc) is 2.68. The van der Waals surface area contributed by atoms with Gasteiger partial charge in [-0.25, -0.2) is 12.7 Å². The molecule has 0 saturated carbocycles. The number of nitrogens with one attached hydrogen (secondary N) is 1. The van der Waals surface area contributed by atoms with Gasteiger partial charge in [-0.1, -0.05) is 35.9 Å². The minimum absolute atomic E-state index is 0.106. The zero-order chi connectivity index (χ0) is 20.3. The van der Waals surface area contributed by atoms with E-state index in [1.54, 1.807) is 12.1 Å². The fraction of sp³-hybridized carbons (Fsp3) is 0.381. The summed E-state index contributed by atoms with van der Waals surface area (Å²) in [6.07, 6.45) is 0. The fourth-order valence-electron chi connectivity index (χ4n) is 3.50. The SMILES string of the molecule is Cc1cccc(C[NH+]2CCN(C(=O)c3cccc(S(=O)(=O)N(C)C)c3)CC2)c1. The monoisotopic (exact) mass is 402 g/mol. The molecule has 0 bridgehead atoms. The molecule has 0 atom stereocenters. The molecule has 1 saturated heterocycles. The van der Waals surface area contributed by atoms with Gasteiger partial charge in [0, 0.05) is 25.2 Å². The van der Waals surface area contributed by atoms with Crippen LogP contribution in [0, 0.1) is 6.92 Å². The standard InChI is InChI=1S/C21H27N3O3S/c1-17-6-4-7-18(14-17)16-23-10-12-24(13-11-23)21(25)19-8-5-9-20(15-19)28(26,27)22(2)3/h4-9,14-15H,10-13,16H2,1-3H3/p+1. The Balaban J connectivity index is 1.64. The molecule has 1 aliphatic rings. The molecular formula is C21H28N3O3S+. The van der Waals surface area contributed by atoms with Crippen molar-refractivity contribution in [2.75, 3.05) is 40.3 Å². The van der Waals surface area contributed by atoms with Gasteiger partial charge in [0.25, 0.3) is 5.91 Å². The number of rotatable bonds is 5. The summed E-state index contributed by atoms with van der Waals surface area (Å²) in [5, 5.41) is 0. The smallest absolute Gasteiger partial charge is 0.254 e. The van der Waals surface area contributed by atoms with Crippen LogP contribution < -0.4 is 4.90 Å². The minimum atomic E-state index is -3.55. The van der Waals surface area contributed by atoms with Crippen LogP contribution in [0.4, 0.5) is 0 Å². The Morgan fingerprint density at radius 2 is 1.75 bits per heavy atom. The van der Waals surface area contributed by atoms with E-state index in [2.05, 4.69) is 31.2 Å². The Kier molecular flexibility index (Phi) is 6.17. The van der Waals surface area contributed by atoms with Gasteiger partial charge in [-0.3, -0.25) is 4.79 Å². The van der Waals surface area contributed by atoms with Crippen molar-refractivity contribution < 1.29 is 18.1 Å². The molecule has 0 aliphatic carbocycles. The van der Waals surface area contributed by atoms with Gasteiger partial charge in [0.2, 0.25) is 10.0 Å². The van der Waals surface area contributed by atoms with Crippen molar-refractivity contribution in [1.82, 2.24) is 9.21 Å². The molecule has 1 amide bonds. The molecule has 2 aromatic rings. The first-order valence-corrected chi connectivity index (χ1v) is 10.9. The third-order valence-corrected chi connectivity index (χ3v) is 6.97. The largest absolute Gasteiger partial charge is 0.328 e. The second-order valence-corrected chi connectivity index (χ2v) is 9.68. The van der Waals surface area contributed by atoms with Crippen molar-refractivity contribution in [2.45, 2.75) is 18.4 Å². The van der Waals surface area contributed by atoms with E-state index in [1.807, 2.05) is 4.90 Å². The maximum Gasteiger partial charge on any atom is 0.254 e. The first-order chi connectivity index (χ1) is 13.3. The van der Waals surface area contributed by atoms with E-state index >= 15 is 0 Å². The second kappa shape index (κ2) is 8.43. The number of piperazine rings is 1. The third kappa shape index (κ3) is 4.60. The molecule has 1 fully saturated rings. The molecule has 1 N–H and O–H groups in total. The summed E-state index contributed by atoms with van der Waals surface area (Å²) in [4.78, 5) is 16.3. The highest BCUT2D eigenvalue weighted by atomic mass is 32.2. The lowest BCUT2D eigenvalue weighted by Crippen LogP contribution is -3.13. The molecule has 0 unspecified atom stereocenters. The quantitative estimate of drug-likeness (QED) is 0.804. The van der Waals surface area contributed by atoms with Gasteiger partial charge in [0.1, 0.15) is 6.54 Å². The lowest BCUT2D eigenvalue weighted by molar-refractivity contribution is -0.917. The Hall–Kier alpha value is -2.22. The van der Waals surface area contributed by atoms with Crippen molar-refractivity contribution in [3.63, 3.8) is 0 Å². The van der Waals surface area contributed by atoms with E-state index in [0.717, 1.165) is 23.9 Å². The molecule has 0 spiro atoms. The molecule has 0 aromatic heterocycles. The minimum Gasteiger partial charge on any atom is -0.328 e. The van der Waals surface area contributed by atoms with Crippen molar-refractivity contribution in [1.29, 1.82) is 0 Å². The maximum absolute atomic E-state index is 12.9. The normalized spacial score (nSPS) is 15.8. The van der Waals surface area contributed by atoms with Gasteiger partial charge in [0.05, 0.1) is 31.1 Å². The number of sulfonamides is 1. The predicted molar refractivity (Wildman–Crippen MR) is 109 cm³/mol. The first kappa shape index (κ1) is 20.5. The van der Waals surface area contributed by atoms with Crippen LogP contribution in [0.5, 0.6) is 0 Å². The van der Waals surface area contributed by atoms with E-state index in [1.165, 1.54) is 42.3 Å². The Morgan fingerprint density at radius 1 is 1.07 bits per heavy atom. The number of aryl methyl sites for hydroxylation is 1. The number of carbonyl (C=O) groups is 1. The van der Waals surface area contributed by atoms with Crippen molar-refractivity contribution in [2.24, 2.45) is 0 Å². The third-order valence-electron chi connectivity index (χ3n) is 5.15. The van der Waals surface area contributed by atoms with Crippen LogP contribution in [0.2, 0.25) is 0 Å². The second-order valence-electron chi connectivity index (χ2n) is 7.52. The zero-order valence-electron chi connectivity index (χ0n) is 16.7. The van der Waals surface area contributed by atoms with Crippen LogP contribution in [-0.4, -0.2) is 63.8 Å². The summed E-state index contributed by atoms with van der Waals surface area (Å²) < 4.78 is 25.8. The van der Waals surface area contributed by atoms with Crippen molar-refractivity contribution in [3.05, 3.63) is 65.2 Å². The Morgan fingerprint density at radius 3 is 2.39 bits per heavy atom. The molecule has 2 aromatic carbocycles. The van der Waals surface area contributed by atoms with E-state index < -0.39 is 10.0 Å². The van der Waals surface area contributed by atoms with Gasteiger partial charge < -0.3 is 9.80 Å². The fourth-order valence-corrected chi connectivity index (χ4v) is 4.44. The molecule has 3 rings (SSSR count). The van der Waals surface area contributed by atoms with E-state index in [9.17, 15) is 13.2 Å². The van der Waals surface area contributed by atoms with Gasteiger partial charge in [-0.2, -0.15) is 0 Å². The number of amides is 1. The summed E-state index contributed by atoms with van der Waals surface area (Å²) in [6, 6.07) is 14.8. The number of quaternary nitrogens is 1. The molecule has 150 valence electrons. The van der Waals surface area contributed by atoms with Crippen LogP contribution in [0.25, 0.3) is 0 Å². The lowest BCUT2D eigenvalue weighted by Gasteiger charge is -2.32. The van der Waals surface area contributed by atoms with Crippen LogP contribution in [0.1, 0.15) is 21.5 Å². The van der Waals surface area contributed by atoms with Crippen LogP contribution in [-0.2, 0) is 16.6 Å². The molecular weight excluding hydrogens is 374 g/mol. The van der Waals surface area contributed by atoms with Crippen molar-refractivity contribution in [3.8, 4) is 0 Å². The van der Waals surface area contributed by atoms with Gasteiger partial charge >= 0.3 is 0 Å². The topological polar surface area (TPSA) is 62.1 Å². The summed E-state index contributed by atoms with van der Waals surface area (Å²) in [5.74, 6) is -0.106. The maximum atomic E-state index is 12.9. The molecule has 0 radical (unpaired) electrons. The number of nitrogens with zero attached hydrogens (tertiary/aromatic N) is 2. The zero-order valence-corrected chi connectivity index (χ0v) is 17.5. The van der Waals surface area contributed by atoms with Gasteiger partial charge in [-0.15, -0.1) is 0 Å². The van der Waals surface area contributed by atoms with Gasteiger partial charge in [0.15, 0.2) is 0 Å². The molecule has 1 aliphatic heterocycles. The number of hydrogen-bond acceptors (Lipinski definition) is 3. The van der Waals surface area contributed by atoms with Gasteiger partial charge in [-0.05, 0) is 25.1 Å². The summed E-state index contributed by atoms with van der Waals surface area (Å²) in [7, 11) is -0.580. The Bertz CT molecular complexity index is 949. The molecule has 6 nitrogen and oxygen atoms in total. The van der Waals surface area contributed by atoms with Crippen LogP contribution in [0.15, 0.2) is 53.4 Å². The molecule has 7 heteroatoms. The van der Waals surface area contributed by atoms with Crippen LogP contribution in [0.3, 0.4) is 0 Å². The van der Waals surface area contributed by atoms with E-state index in [4.69, 9.17) is 0 Å². The van der Waals surface area contributed by atoms with E-state index in [0.29, 0.717) is 18.7 Å². The molecule has 1 heterocycles. The summed E-state index contributed by atoms with van der Waals surface area (Å²) in [6.45, 7) is 6.17. The van der Waals surface area contributed by atoms with Crippen molar-refractivity contribution >= 4 is 15.9 Å². The Labute approximate surface area is 167 Å². The summed E-state index contributed by atoms with van der Waals surface area (Å²) in [5.41, 5.74) is 3.00. The predicted octanol–water partition coefficient (Wildman–Crippen LogP) is 0.786. The van der Waals surface area contributed by atoms with Crippen LogP contribution >= 0.6 is 0 Å².